The van der Waals surface area contributed by atoms with Crippen LogP contribution in [-0.4, -0.2) is 36.4 Å². The highest BCUT2D eigenvalue weighted by molar-refractivity contribution is 7.89. The van der Waals surface area contributed by atoms with E-state index in [1.807, 2.05) is 0 Å². The largest absolute Gasteiger partial charge is 0.481 e. The smallest absolute Gasteiger partial charge is 0.304 e. The first kappa shape index (κ1) is 17.4. The number of rotatable bonds is 6. The molecule has 1 rings (SSSR count). The van der Waals surface area contributed by atoms with Crippen molar-refractivity contribution in [3.05, 3.63) is 29.6 Å². The first-order valence-electron chi connectivity index (χ1n) is 5.95. The van der Waals surface area contributed by atoms with Gasteiger partial charge in [-0.15, -0.1) is 0 Å². The molecule has 0 aliphatic rings. The molecule has 0 bridgehead atoms. The van der Waals surface area contributed by atoms with Crippen LogP contribution in [0, 0.1) is 17.5 Å². The molecule has 0 heterocycles. The van der Waals surface area contributed by atoms with E-state index in [9.17, 15) is 26.4 Å². The first-order valence-corrected chi connectivity index (χ1v) is 7.39. The third-order valence-electron chi connectivity index (χ3n) is 2.65. The number of carbonyl (C=O) groups is 1. The average Bonchev–Trinajstić information content (AvgIpc) is 2.25. The topological polar surface area (TPSA) is 74.7 Å². The highest BCUT2D eigenvalue weighted by Gasteiger charge is 2.33. The molecule has 118 valence electrons. The average molecular weight is 325 g/mol. The van der Waals surface area contributed by atoms with Gasteiger partial charge < -0.3 is 5.11 Å². The molecule has 1 aromatic rings. The lowest BCUT2D eigenvalue weighted by Crippen LogP contribution is -2.39. The normalized spacial score (nSPS) is 12.1. The zero-order valence-corrected chi connectivity index (χ0v) is 12.1. The van der Waals surface area contributed by atoms with Crippen LogP contribution in [0.15, 0.2) is 17.0 Å². The summed E-state index contributed by atoms with van der Waals surface area (Å²) in [4.78, 5) is 9.26. The van der Waals surface area contributed by atoms with Crippen molar-refractivity contribution in [3.63, 3.8) is 0 Å². The fourth-order valence-corrected chi connectivity index (χ4v) is 3.49. The number of carboxylic acid groups (broad SMARTS) is 1. The van der Waals surface area contributed by atoms with Crippen LogP contribution in [-0.2, 0) is 14.8 Å². The standard InChI is InChI=1S/C12H14F3NO4S/c1-7(2)16(4-3-11(17)18)21(19,20)12-9(14)5-8(13)6-10(12)15/h5-7H,3-4H2,1-2H3,(H,17,18). The van der Waals surface area contributed by atoms with E-state index in [-0.39, 0.29) is 12.1 Å². The second kappa shape index (κ2) is 6.44. The molecule has 1 N–H and O–H groups in total. The summed E-state index contributed by atoms with van der Waals surface area (Å²) in [6, 6.07) is -0.213. The van der Waals surface area contributed by atoms with E-state index in [0.717, 1.165) is 0 Å². The summed E-state index contributed by atoms with van der Waals surface area (Å²) < 4.78 is 65.3. The van der Waals surface area contributed by atoms with Crippen LogP contribution in [0.2, 0.25) is 0 Å². The van der Waals surface area contributed by atoms with Gasteiger partial charge in [0.2, 0.25) is 10.0 Å². The minimum atomic E-state index is -4.62. The van der Waals surface area contributed by atoms with Gasteiger partial charge in [0, 0.05) is 24.7 Å². The molecule has 0 radical (unpaired) electrons. The minimum Gasteiger partial charge on any atom is -0.481 e. The van der Waals surface area contributed by atoms with Gasteiger partial charge in [-0.05, 0) is 13.8 Å². The molecule has 0 saturated carbocycles. The summed E-state index contributed by atoms with van der Waals surface area (Å²) in [6.07, 6.45) is -0.526. The predicted octanol–water partition coefficient (Wildman–Crippen LogP) is 1.98. The number of hydrogen-bond donors (Lipinski definition) is 1. The van der Waals surface area contributed by atoms with Crippen LogP contribution in [0.3, 0.4) is 0 Å². The van der Waals surface area contributed by atoms with Crippen molar-refractivity contribution in [1.82, 2.24) is 4.31 Å². The molecule has 0 amide bonds. The number of sulfonamides is 1. The zero-order valence-electron chi connectivity index (χ0n) is 11.3. The molecule has 0 fully saturated rings. The third-order valence-corrected chi connectivity index (χ3v) is 4.78. The van der Waals surface area contributed by atoms with Crippen molar-refractivity contribution < 1.29 is 31.5 Å². The van der Waals surface area contributed by atoms with Gasteiger partial charge in [0.1, 0.15) is 17.5 Å². The Kier molecular flexibility index (Phi) is 5.35. The van der Waals surface area contributed by atoms with Crippen LogP contribution >= 0.6 is 0 Å². The number of aliphatic carboxylic acids is 1. The Morgan fingerprint density at radius 2 is 1.71 bits per heavy atom. The molecule has 0 aliphatic carbocycles. The van der Waals surface area contributed by atoms with Gasteiger partial charge in [-0.2, -0.15) is 4.31 Å². The summed E-state index contributed by atoms with van der Waals surface area (Å²) in [5.74, 6) is -5.62. The number of nitrogens with zero attached hydrogens (tertiary/aromatic N) is 1. The van der Waals surface area contributed by atoms with Gasteiger partial charge >= 0.3 is 5.97 Å². The lowest BCUT2D eigenvalue weighted by atomic mass is 10.3. The van der Waals surface area contributed by atoms with Gasteiger partial charge in [-0.3, -0.25) is 4.79 Å². The molecule has 0 atom stereocenters. The van der Waals surface area contributed by atoms with Crippen LogP contribution in [0.25, 0.3) is 0 Å². The lowest BCUT2D eigenvalue weighted by molar-refractivity contribution is -0.137. The Labute approximate surface area is 120 Å². The quantitative estimate of drug-likeness (QED) is 0.868. The summed E-state index contributed by atoms with van der Waals surface area (Å²) in [5.41, 5.74) is 0. The van der Waals surface area contributed by atoms with Gasteiger partial charge in [0.25, 0.3) is 0 Å². The van der Waals surface area contributed by atoms with E-state index in [4.69, 9.17) is 5.11 Å². The van der Waals surface area contributed by atoms with Gasteiger partial charge in [0.05, 0.1) is 6.42 Å². The Bertz CT molecular complexity index is 623. The second-order valence-corrected chi connectivity index (χ2v) is 6.38. The Morgan fingerprint density at radius 1 is 1.24 bits per heavy atom. The molecular formula is C12H14F3NO4S. The van der Waals surface area contributed by atoms with Crippen molar-refractivity contribution in [3.8, 4) is 0 Å². The Hall–Kier alpha value is -1.61. The van der Waals surface area contributed by atoms with Gasteiger partial charge in [-0.1, -0.05) is 0 Å². The monoisotopic (exact) mass is 325 g/mol. The molecule has 21 heavy (non-hydrogen) atoms. The molecule has 5 nitrogen and oxygen atoms in total. The van der Waals surface area contributed by atoms with Crippen molar-refractivity contribution >= 4 is 16.0 Å². The maximum Gasteiger partial charge on any atom is 0.304 e. The number of halogens is 3. The maximum absolute atomic E-state index is 13.6. The van der Waals surface area contributed by atoms with Gasteiger partial charge in [-0.25, -0.2) is 21.6 Å². The van der Waals surface area contributed by atoms with E-state index in [1.54, 1.807) is 0 Å². The molecule has 9 heteroatoms. The number of hydrogen-bond acceptors (Lipinski definition) is 3. The van der Waals surface area contributed by atoms with E-state index in [1.165, 1.54) is 13.8 Å². The SMILES string of the molecule is CC(C)N(CCC(=O)O)S(=O)(=O)c1c(F)cc(F)cc1F. The Morgan fingerprint density at radius 3 is 2.10 bits per heavy atom. The van der Waals surface area contributed by atoms with Crippen LogP contribution in [0.5, 0.6) is 0 Å². The zero-order chi connectivity index (χ0) is 16.4. The molecule has 0 aliphatic heterocycles. The van der Waals surface area contributed by atoms with Crippen molar-refractivity contribution in [2.45, 2.75) is 31.2 Å². The predicted molar refractivity (Wildman–Crippen MR) is 67.6 cm³/mol. The van der Waals surface area contributed by atoms with Crippen molar-refractivity contribution in [2.75, 3.05) is 6.54 Å². The Balaban J connectivity index is 3.33. The van der Waals surface area contributed by atoms with Crippen LogP contribution in [0.1, 0.15) is 20.3 Å². The first-order chi connectivity index (χ1) is 9.57. The molecule has 0 unspecified atom stereocenters. The van der Waals surface area contributed by atoms with Crippen molar-refractivity contribution in [1.29, 1.82) is 0 Å². The molecule has 0 saturated heterocycles. The maximum atomic E-state index is 13.6. The fourth-order valence-electron chi connectivity index (χ4n) is 1.75. The van der Waals surface area contributed by atoms with E-state index in [2.05, 4.69) is 0 Å². The summed E-state index contributed by atoms with van der Waals surface area (Å²) in [6.45, 7) is 2.41. The highest BCUT2D eigenvalue weighted by Crippen LogP contribution is 2.25. The van der Waals surface area contributed by atoms with Crippen LogP contribution in [0.4, 0.5) is 13.2 Å². The molecule has 0 spiro atoms. The van der Waals surface area contributed by atoms with Crippen molar-refractivity contribution in [2.24, 2.45) is 0 Å². The molecule has 0 aromatic heterocycles. The lowest BCUT2D eigenvalue weighted by Gasteiger charge is -2.25. The molecule has 1 aromatic carbocycles. The number of carboxylic acids is 1. The van der Waals surface area contributed by atoms with E-state index >= 15 is 0 Å². The summed E-state index contributed by atoms with van der Waals surface area (Å²) in [7, 11) is -4.62. The fraction of sp³-hybridized carbons (Fsp3) is 0.417. The second-order valence-electron chi connectivity index (χ2n) is 4.55. The highest BCUT2D eigenvalue weighted by atomic mass is 32.2. The summed E-state index contributed by atoms with van der Waals surface area (Å²) in [5, 5.41) is 8.61. The van der Waals surface area contributed by atoms with E-state index < -0.39 is 57.3 Å². The van der Waals surface area contributed by atoms with Gasteiger partial charge in [0.15, 0.2) is 4.90 Å². The van der Waals surface area contributed by atoms with E-state index in [0.29, 0.717) is 4.31 Å². The third kappa shape index (κ3) is 3.94. The number of benzene rings is 1. The summed E-state index contributed by atoms with van der Waals surface area (Å²) >= 11 is 0. The minimum absolute atomic E-state index is 0.256. The van der Waals surface area contributed by atoms with Crippen LogP contribution < -0.4 is 0 Å². The molecular weight excluding hydrogens is 311 g/mol.